The molecule has 2 N–H and O–H groups in total. The van der Waals surface area contributed by atoms with Crippen LogP contribution in [0.1, 0.15) is 50.3 Å². The number of hydrogen-bond donors (Lipinski definition) is 1. The minimum Gasteiger partial charge on any atom is -0.324 e. The minimum atomic E-state index is -0.154. The fourth-order valence-corrected chi connectivity index (χ4v) is 2.64. The van der Waals surface area contributed by atoms with Gasteiger partial charge in [-0.15, -0.1) is 0 Å². The van der Waals surface area contributed by atoms with Crippen molar-refractivity contribution < 1.29 is 4.39 Å². The molecule has 2 rings (SSSR count). The summed E-state index contributed by atoms with van der Waals surface area (Å²) in [5.74, 6) is 0.530. The molecule has 0 aromatic heterocycles. The van der Waals surface area contributed by atoms with Crippen molar-refractivity contribution in [1.29, 1.82) is 0 Å². The molecule has 1 aliphatic carbocycles. The van der Waals surface area contributed by atoms with Crippen LogP contribution in [0.4, 0.5) is 4.39 Å². The van der Waals surface area contributed by atoms with Crippen LogP contribution >= 0.6 is 0 Å². The molecule has 0 bridgehead atoms. The van der Waals surface area contributed by atoms with Crippen LogP contribution in [0.2, 0.25) is 0 Å². The molecule has 3 heteroatoms. The van der Waals surface area contributed by atoms with E-state index in [-0.39, 0.29) is 11.9 Å². The van der Waals surface area contributed by atoms with E-state index in [0.29, 0.717) is 11.5 Å². The number of halogens is 1. The van der Waals surface area contributed by atoms with E-state index in [2.05, 4.69) is 18.7 Å². The summed E-state index contributed by atoms with van der Waals surface area (Å²) in [6.45, 7) is 8.44. The van der Waals surface area contributed by atoms with Gasteiger partial charge in [-0.05, 0) is 49.3 Å². The van der Waals surface area contributed by atoms with Gasteiger partial charge in [-0.2, -0.15) is 0 Å². The van der Waals surface area contributed by atoms with E-state index in [1.165, 1.54) is 12.8 Å². The van der Waals surface area contributed by atoms with E-state index in [1.54, 1.807) is 13.0 Å². The first kappa shape index (κ1) is 15.5. The van der Waals surface area contributed by atoms with Gasteiger partial charge < -0.3 is 10.6 Å². The zero-order chi connectivity index (χ0) is 14.7. The summed E-state index contributed by atoms with van der Waals surface area (Å²) >= 11 is 0. The quantitative estimate of drug-likeness (QED) is 0.825. The zero-order valence-electron chi connectivity index (χ0n) is 12.9. The minimum absolute atomic E-state index is 0.0708. The molecule has 0 saturated heterocycles. The molecule has 0 heterocycles. The lowest BCUT2D eigenvalue weighted by Crippen LogP contribution is -2.32. The number of nitrogens with zero attached hydrogens (tertiary/aromatic N) is 1. The van der Waals surface area contributed by atoms with Gasteiger partial charge in [-0.25, -0.2) is 4.39 Å². The Hall–Kier alpha value is -0.930. The summed E-state index contributed by atoms with van der Waals surface area (Å²) in [5.41, 5.74) is 7.81. The van der Waals surface area contributed by atoms with Gasteiger partial charge in [0.2, 0.25) is 0 Å². The Morgan fingerprint density at radius 2 is 2.05 bits per heavy atom. The summed E-state index contributed by atoms with van der Waals surface area (Å²) in [6.07, 6.45) is 3.54. The normalized spacial score (nSPS) is 16.9. The fourth-order valence-electron chi connectivity index (χ4n) is 2.64. The van der Waals surface area contributed by atoms with E-state index in [0.717, 1.165) is 31.1 Å². The third-order valence-electron chi connectivity index (χ3n) is 4.01. The van der Waals surface area contributed by atoms with Gasteiger partial charge in [0, 0.05) is 25.2 Å². The molecule has 1 aromatic carbocycles. The monoisotopic (exact) mass is 278 g/mol. The molecule has 0 spiro atoms. The second-order valence-electron chi connectivity index (χ2n) is 6.52. The Bertz CT molecular complexity index is 441. The number of hydrogen-bond acceptors (Lipinski definition) is 2. The fraction of sp³-hybridized carbons (Fsp3) is 0.647. The van der Waals surface area contributed by atoms with E-state index in [4.69, 9.17) is 5.73 Å². The molecule has 1 aromatic rings. The van der Waals surface area contributed by atoms with Crippen molar-refractivity contribution in [3.05, 3.63) is 35.1 Å². The van der Waals surface area contributed by atoms with E-state index >= 15 is 0 Å². The van der Waals surface area contributed by atoms with Crippen LogP contribution in [0.3, 0.4) is 0 Å². The highest BCUT2D eigenvalue weighted by atomic mass is 19.1. The molecule has 1 saturated carbocycles. The molecule has 1 aliphatic rings. The molecule has 1 fully saturated rings. The largest absolute Gasteiger partial charge is 0.324 e. The topological polar surface area (TPSA) is 29.3 Å². The molecule has 0 radical (unpaired) electrons. The Morgan fingerprint density at radius 3 is 2.60 bits per heavy atom. The Labute approximate surface area is 122 Å². The van der Waals surface area contributed by atoms with Crippen molar-refractivity contribution in [2.24, 2.45) is 11.7 Å². The van der Waals surface area contributed by atoms with E-state index in [1.807, 2.05) is 12.1 Å². The van der Waals surface area contributed by atoms with Crippen molar-refractivity contribution in [3.63, 3.8) is 0 Å². The van der Waals surface area contributed by atoms with Crippen LogP contribution in [0.25, 0.3) is 0 Å². The number of nitrogens with two attached hydrogens (primary N) is 1. The van der Waals surface area contributed by atoms with Crippen LogP contribution in [0.15, 0.2) is 18.2 Å². The molecular weight excluding hydrogens is 251 g/mol. The average molecular weight is 278 g/mol. The molecule has 20 heavy (non-hydrogen) atoms. The second-order valence-corrected chi connectivity index (χ2v) is 6.52. The number of rotatable bonds is 7. The lowest BCUT2D eigenvalue weighted by atomic mass is 10.0. The van der Waals surface area contributed by atoms with Gasteiger partial charge >= 0.3 is 0 Å². The summed E-state index contributed by atoms with van der Waals surface area (Å²) in [6, 6.07) is 6.05. The second kappa shape index (κ2) is 6.68. The smallest absolute Gasteiger partial charge is 0.126 e. The maximum Gasteiger partial charge on any atom is 0.126 e. The highest BCUT2D eigenvalue weighted by molar-refractivity contribution is 5.25. The van der Waals surface area contributed by atoms with Crippen molar-refractivity contribution >= 4 is 0 Å². The summed E-state index contributed by atoms with van der Waals surface area (Å²) < 4.78 is 13.6. The maximum absolute atomic E-state index is 13.6. The van der Waals surface area contributed by atoms with Gasteiger partial charge in [0.1, 0.15) is 5.82 Å². The molecular formula is C17H27FN2. The van der Waals surface area contributed by atoms with Gasteiger partial charge in [0.15, 0.2) is 0 Å². The Kier molecular flexibility index (Phi) is 5.17. The third kappa shape index (κ3) is 4.29. The first-order valence-corrected chi connectivity index (χ1v) is 7.73. The Morgan fingerprint density at radius 1 is 1.35 bits per heavy atom. The van der Waals surface area contributed by atoms with Crippen LogP contribution in [-0.4, -0.2) is 24.0 Å². The highest BCUT2D eigenvalue weighted by Crippen LogP contribution is 2.28. The van der Waals surface area contributed by atoms with Crippen LogP contribution in [-0.2, 0) is 0 Å². The van der Waals surface area contributed by atoms with E-state index < -0.39 is 0 Å². The first-order chi connectivity index (χ1) is 9.47. The molecule has 1 atom stereocenters. The van der Waals surface area contributed by atoms with Crippen molar-refractivity contribution in [1.82, 2.24) is 4.90 Å². The van der Waals surface area contributed by atoms with Crippen molar-refractivity contribution in [2.45, 2.75) is 52.1 Å². The molecule has 1 unspecified atom stereocenters. The van der Waals surface area contributed by atoms with Gasteiger partial charge in [0.25, 0.3) is 0 Å². The SMILES string of the molecule is Cc1ccc(C(N)CCN(CC(C)C)C2CC2)cc1F. The van der Waals surface area contributed by atoms with Gasteiger partial charge in [-0.3, -0.25) is 0 Å². The maximum atomic E-state index is 13.6. The number of aryl methyl sites for hydroxylation is 1. The first-order valence-electron chi connectivity index (χ1n) is 7.73. The molecule has 0 amide bonds. The van der Waals surface area contributed by atoms with Crippen LogP contribution in [0, 0.1) is 18.7 Å². The van der Waals surface area contributed by atoms with Crippen LogP contribution in [0.5, 0.6) is 0 Å². The lowest BCUT2D eigenvalue weighted by Gasteiger charge is -2.25. The van der Waals surface area contributed by atoms with Crippen LogP contribution < -0.4 is 5.73 Å². The summed E-state index contributed by atoms with van der Waals surface area (Å²) in [5, 5.41) is 0. The van der Waals surface area contributed by atoms with Crippen molar-refractivity contribution in [2.75, 3.05) is 13.1 Å². The third-order valence-corrected chi connectivity index (χ3v) is 4.01. The molecule has 112 valence electrons. The zero-order valence-corrected chi connectivity index (χ0v) is 12.9. The van der Waals surface area contributed by atoms with Gasteiger partial charge in [0.05, 0.1) is 0 Å². The average Bonchev–Trinajstić information content (AvgIpc) is 3.21. The van der Waals surface area contributed by atoms with E-state index in [9.17, 15) is 4.39 Å². The predicted octanol–water partition coefficient (Wildman–Crippen LogP) is 3.64. The molecule has 0 aliphatic heterocycles. The predicted molar refractivity (Wildman–Crippen MR) is 82.1 cm³/mol. The Balaban J connectivity index is 1.89. The standard InChI is InChI=1S/C17H27FN2/c1-12(2)11-20(15-6-7-15)9-8-17(19)14-5-4-13(3)16(18)10-14/h4-5,10,12,15,17H,6-9,11,19H2,1-3H3. The highest BCUT2D eigenvalue weighted by Gasteiger charge is 2.29. The summed E-state index contributed by atoms with van der Waals surface area (Å²) in [7, 11) is 0. The van der Waals surface area contributed by atoms with Crippen molar-refractivity contribution in [3.8, 4) is 0 Å². The lowest BCUT2D eigenvalue weighted by molar-refractivity contribution is 0.226. The molecule has 2 nitrogen and oxygen atoms in total. The number of benzene rings is 1. The summed E-state index contributed by atoms with van der Waals surface area (Å²) in [4.78, 5) is 2.55. The van der Waals surface area contributed by atoms with Gasteiger partial charge in [-0.1, -0.05) is 26.0 Å².